The number of aromatic nitrogens is 4. The van der Waals surface area contributed by atoms with Gasteiger partial charge in [-0.3, -0.25) is 15.0 Å². The van der Waals surface area contributed by atoms with Crippen molar-refractivity contribution in [1.82, 2.24) is 25.7 Å². The maximum absolute atomic E-state index is 11.7. The van der Waals surface area contributed by atoms with E-state index in [4.69, 9.17) is 5.73 Å². The SMILES string of the molecule is Cc1[nH]ncc1C(=O)NCc1cn[nH]c1N. The van der Waals surface area contributed by atoms with Gasteiger partial charge in [-0.25, -0.2) is 0 Å². The van der Waals surface area contributed by atoms with Crippen LogP contribution in [0.15, 0.2) is 12.4 Å². The lowest BCUT2D eigenvalue weighted by atomic mass is 10.2. The number of anilines is 1. The van der Waals surface area contributed by atoms with Crippen LogP contribution in [0.2, 0.25) is 0 Å². The van der Waals surface area contributed by atoms with E-state index in [9.17, 15) is 4.79 Å². The van der Waals surface area contributed by atoms with Crippen molar-refractivity contribution in [3.8, 4) is 0 Å². The second-order valence-corrected chi connectivity index (χ2v) is 3.40. The van der Waals surface area contributed by atoms with Crippen molar-refractivity contribution in [2.75, 3.05) is 5.73 Å². The van der Waals surface area contributed by atoms with Gasteiger partial charge in [0, 0.05) is 17.8 Å². The van der Waals surface area contributed by atoms with E-state index in [1.807, 2.05) is 0 Å². The number of nitrogens with one attached hydrogen (secondary N) is 3. The summed E-state index contributed by atoms with van der Waals surface area (Å²) in [6.45, 7) is 2.12. The fourth-order valence-corrected chi connectivity index (χ4v) is 1.31. The molecular formula is C9H12N6O. The normalized spacial score (nSPS) is 10.3. The molecule has 0 aromatic carbocycles. The molecule has 1 amide bonds. The van der Waals surface area contributed by atoms with E-state index < -0.39 is 0 Å². The molecule has 0 aliphatic rings. The number of hydrogen-bond acceptors (Lipinski definition) is 4. The summed E-state index contributed by atoms with van der Waals surface area (Å²) >= 11 is 0. The summed E-state index contributed by atoms with van der Waals surface area (Å²) in [6.07, 6.45) is 3.07. The van der Waals surface area contributed by atoms with Crippen LogP contribution in [0.3, 0.4) is 0 Å². The number of nitrogens with zero attached hydrogens (tertiary/aromatic N) is 2. The molecule has 0 saturated heterocycles. The molecule has 0 unspecified atom stereocenters. The molecule has 0 fully saturated rings. The van der Waals surface area contributed by atoms with Gasteiger partial charge in [0.05, 0.1) is 18.0 Å². The summed E-state index contributed by atoms with van der Waals surface area (Å²) in [5.74, 6) is 0.274. The number of amides is 1. The molecule has 7 nitrogen and oxygen atoms in total. The Labute approximate surface area is 91.4 Å². The van der Waals surface area contributed by atoms with E-state index in [1.165, 1.54) is 6.20 Å². The first-order valence-electron chi connectivity index (χ1n) is 4.74. The van der Waals surface area contributed by atoms with Gasteiger partial charge < -0.3 is 11.1 Å². The predicted molar refractivity (Wildman–Crippen MR) is 57.5 cm³/mol. The quantitative estimate of drug-likeness (QED) is 0.581. The lowest BCUT2D eigenvalue weighted by Gasteiger charge is -2.02. The average Bonchev–Trinajstić information content (AvgIpc) is 2.84. The molecule has 5 N–H and O–H groups in total. The van der Waals surface area contributed by atoms with Crippen LogP contribution in [0.5, 0.6) is 0 Å². The fraction of sp³-hybridized carbons (Fsp3) is 0.222. The minimum Gasteiger partial charge on any atom is -0.384 e. The summed E-state index contributed by atoms with van der Waals surface area (Å²) in [7, 11) is 0. The van der Waals surface area contributed by atoms with Crippen LogP contribution in [-0.2, 0) is 6.54 Å². The van der Waals surface area contributed by atoms with E-state index in [0.717, 1.165) is 11.3 Å². The van der Waals surface area contributed by atoms with Gasteiger partial charge in [0.2, 0.25) is 0 Å². The lowest BCUT2D eigenvalue weighted by molar-refractivity contribution is 0.0950. The number of nitrogens with two attached hydrogens (primary N) is 1. The summed E-state index contributed by atoms with van der Waals surface area (Å²) in [4.78, 5) is 11.7. The molecular weight excluding hydrogens is 208 g/mol. The highest BCUT2D eigenvalue weighted by atomic mass is 16.1. The molecule has 0 bridgehead atoms. The van der Waals surface area contributed by atoms with Crippen LogP contribution in [0.1, 0.15) is 21.6 Å². The van der Waals surface area contributed by atoms with Crippen LogP contribution in [0.4, 0.5) is 5.82 Å². The molecule has 84 valence electrons. The van der Waals surface area contributed by atoms with Gasteiger partial charge in [-0.1, -0.05) is 0 Å². The Morgan fingerprint density at radius 1 is 1.44 bits per heavy atom. The molecule has 2 heterocycles. The number of aromatic amines is 2. The Balaban J connectivity index is 1.99. The molecule has 0 aliphatic carbocycles. The highest BCUT2D eigenvalue weighted by Crippen LogP contribution is 2.06. The highest BCUT2D eigenvalue weighted by Gasteiger charge is 2.11. The average molecular weight is 220 g/mol. The van der Waals surface area contributed by atoms with Gasteiger partial charge in [-0.2, -0.15) is 10.2 Å². The van der Waals surface area contributed by atoms with Crippen LogP contribution < -0.4 is 11.1 Å². The molecule has 0 saturated carbocycles. The molecule has 0 atom stereocenters. The monoisotopic (exact) mass is 220 g/mol. The van der Waals surface area contributed by atoms with Crippen LogP contribution in [0.25, 0.3) is 0 Å². The second-order valence-electron chi connectivity index (χ2n) is 3.40. The van der Waals surface area contributed by atoms with Crippen molar-refractivity contribution in [3.63, 3.8) is 0 Å². The van der Waals surface area contributed by atoms with Gasteiger partial charge in [0.1, 0.15) is 5.82 Å². The minimum absolute atomic E-state index is 0.188. The molecule has 2 aromatic heterocycles. The number of hydrogen-bond donors (Lipinski definition) is 4. The molecule has 0 radical (unpaired) electrons. The third-order valence-electron chi connectivity index (χ3n) is 2.27. The number of H-pyrrole nitrogens is 2. The Bertz CT molecular complexity index is 500. The highest BCUT2D eigenvalue weighted by molar-refractivity contribution is 5.94. The standard InChI is InChI=1S/C9H12N6O/c1-5-7(4-13-14-5)9(16)11-2-6-3-12-15-8(6)10/h3-4H,2H2,1H3,(H,11,16)(H,13,14)(H3,10,12,15). The minimum atomic E-state index is -0.188. The number of nitrogen functional groups attached to an aromatic ring is 1. The van der Waals surface area contributed by atoms with Crippen molar-refractivity contribution in [3.05, 3.63) is 29.2 Å². The number of rotatable bonds is 3. The maximum Gasteiger partial charge on any atom is 0.255 e. The van der Waals surface area contributed by atoms with E-state index >= 15 is 0 Å². The summed E-state index contributed by atoms with van der Waals surface area (Å²) in [5.41, 5.74) is 7.61. The van der Waals surface area contributed by atoms with Gasteiger partial charge in [-0.05, 0) is 6.92 Å². The van der Waals surface area contributed by atoms with E-state index in [2.05, 4.69) is 25.7 Å². The zero-order chi connectivity index (χ0) is 11.5. The van der Waals surface area contributed by atoms with Gasteiger partial charge in [-0.15, -0.1) is 0 Å². The first kappa shape index (κ1) is 10.2. The second kappa shape index (κ2) is 4.05. The molecule has 7 heteroatoms. The third-order valence-corrected chi connectivity index (χ3v) is 2.27. The zero-order valence-corrected chi connectivity index (χ0v) is 8.74. The van der Waals surface area contributed by atoms with Crippen LogP contribution in [-0.4, -0.2) is 26.3 Å². The van der Waals surface area contributed by atoms with Crippen molar-refractivity contribution >= 4 is 11.7 Å². The Morgan fingerprint density at radius 3 is 2.75 bits per heavy atom. The fourth-order valence-electron chi connectivity index (χ4n) is 1.31. The summed E-state index contributed by atoms with van der Waals surface area (Å²) in [5, 5.41) is 15.6. The van der Waals surface area contributed by atoms with Crippen molar-refractivity contribution in [2.45, 2.75) is 13.5 Å². The summed E-state index contributed by atoms with van der Waals surface area (Å²) < 4.78 is 0. The Hall–Kier alpha value is -2.31. The number of carbonyl (C=O) groups excluding carboxylic acids is 1. The van der Waals surface area contributed by atoms with E-state index in [0.29, 0.717) is 17.9 Å². The van der Waals surface area contributed by atoms with E-state index in [1.54, 1.807) is 13.1 Å². The van der Waals surface area contributed by atoms with Crippen molar-refractivity contribution in [1.29, 1.82) is 0 Å². The predicted octanol–water partition coefficient (Wildman–Crippen LogP) is -0.0466. The third kappa shape index (κ3) is 1.88. The zero-order valence-electron chi connectivity index (χ0n) is 8.74. The van der Waals surface area contributed by atoms with Crippen LogP contribution in [0, 0.1) is 6.92 Å². The maximum atomic E-state index is 11.7. The first-order valence-corrected chi connectivity index (χ1v) is 4.74. The van der Waals surface area contributed by atoms with Gasteiger partial charge >= 0.3 is 0 Å². The lowest BCUT2D eigenvalue weighted by Crippen LogP contribution is -2.23. The number of carbonyl (C=O) groups is 1. The molecule has 16 heavy (non-hydrogen) atoms. The van der Waals surface area contributed by atoms with Crippen LogP contribution >= 0.6 is 0 Å². The van der Waals surface area contributed by atoms with Crippen molar-refractivity contribution < 1.29 is 4.79 Å². The molecule has 2 aromatic rings. The molecule has 0 aliphatic heterocycles. The first-order chi connectivity index (χ1) is 7.68. The topological polar surface area (TPSA) is 112 Å². The van der Waals surface area contributed by atoms with E-state index in [-0.39, 0.29) is 5.91 Å². The molecule has 0 spiro atoms. The van der Waals surface area contributed by atoms with Crippen molar-refractivity contribution in [2.24, 2.45) is 0 Å². The smallest absolute Gasteiger partial charge is 0.255 e. The largest absolute Gasteiger partial charge is 0.384 e. The Morgan fingerprint density at radius 2 is 2.19 bits per heavy atom. The van der Waals surface area contributed by atoms with Gasteiger partial charge in [0.15, 0.2) is 0 Å². The van der Waals surface area contributed by atoms with Gasteiger partial charge in [0.25, 0.3) is 5.91 Å². The summed E-state index contributed by atoms with van der Waals surface area (Å²) in [6, 6.07) is 0. The molecule has 2 rings (SSSR count). The number of aryl methyl sites for hydroxylation is 1. The Kier molecular flexibility index (Phi) is 2.59.